The van der Waals surface area contributed by atoms with E-state index in [0.717, 1.165) is 0 Å². The Morgan fingerprint density at radius 1 is 1.56 bits per heavy atom. The highest BCUT2D eigenvalue weighted by Gasteiger charge is 2.22. The molecule has 1 rings (SSSR count). The van der Waals surface area contributed by atoms with Crippen LogP contribution in [0.5, 0.6) is 11.5 Å². The first-order valence-corrected chi connectivity index (χ1v) is 4.77. The van der Waals surface area contributed by atoms with Crippen LogP contribution in [-0.2, 0) is 9.53 Å². The third-order valence-electron chi connectivity index (χ3n) is 1.99. The molecular weight excluding hydrogens is 215 g/mol. The molecule has 0 aliphatic rings. The molecule has 5 heteroatoms. The summed E-state index contributed by atoms with van der Waals surface area (Å²) in [5.41, 5.74) is 0.0908. The Morgan fingerprint density at radius 2 is 2.25 bits per heavy atom. The molecule has 4 nitrogen and oxygen atoms in total. The number of carbonyl (C=O) groups is 1. The lowest BCUT2D eigenvalue weighted by molar-refractivity contribution is -0.149. The Kier molecular flexibility index (Phi) is 4.10. The molecule has 0 aliphatic carbocycles. The summed E-state index contributed by atoms with van der Waals surface area (Å²) in [4.78, 5) is 11.1. The first kappa shape index (κ1) is 12.3. The van der Waals surface area contributed by atoms with Crippen molar-refractivity contribution in [3.63, 3.8) is 0 Å². The average Bonchev–Trinajstić information content (AvgIpc) is 2.29. The predicted octanol–water partition coefficient (Wildman–Crippen LogP) is 1.97. The van der Waals surface area contributed by atoms with Crippen molar-refractivity contribution >= 4 is 5.97 Å². The fourth-order valence-corrected chi connectivity index (χ4v) is 1.20. The van der Waals surface area contributed by atoms with Crippen molar-refractivity contribution in [2.24, 2.45) is 0 Å². The van der Waals surface area contributed by atoms with E-state index in [9.17, 15) is 14.3 Å². The SMILES string of the molecule is CCOC(=O)C(F)c1ccc(O)c(OC)c1. The van der Waals surface area contributed by atoms with E-state index in [1.165, 1.54) is 25.3 Å². The van der Waals surface area contributed by atoms with Gasteiger partial charge < -0.3 is 14.6 Å². The standard InChI is InChI=1S/C11H13FO4/c1-3-16-11(14)10(12)7-4-5-8(13)9(6-7)15-2/h4-6,10,13H,3H2,1-2H3. The Balaban J connectivity index is 2.91. The number of phenolic OH excluding ortho intramolecular Hbond substituents is 1. The van der Waals surface area contributed by atoms with Crippen molar-refractivity contribution in [1.29, 1.82) is 0 Å². The van der Waals surface area contributed by atoms with E-state index in [-0.39, 0.29) is 23.7 Å². The fourth-order valence-electron chi connectivity index (χ4n) is 1.20. The van der Waals surface area contributed by atoms with Gasteiger partial charge in [-0.2, -0.15) is 0 Å². The number of ether oxygens (including phenoxy) is 2. The number of hydrogen-bond donors (Lipinski definition) is 1. The number of aromatic hydroxyl groups is 1. The van der Waals surface area contributed by atoms with Crippen LogP contribution in [0.2, 0.25) is 0 Å². The minimum absolute atomic E-state index is 0.0908. The summed E-state index contributed by atoms with van der Waals surface area (Å²) in [6, 6.07) is 3.83. The van der Waals surface area contributed by atoms with Crippen molar-refractivity contribution in [1.82, 2.24) is 0 Å². The van der Waals surface area contributed by atoms with Crippen molar-refractivity contribution in [2.75, 3.05) is 13.7 Å². The lowest BCUT2D eigenvalue weighted by Gasteiger charge is -2.10. The van der Waals surface area contributed by atoms with Crippen LogP contribution in [0, 0.1) is 0 Å². The van der Waals surface area contributed by atoms with Gasteiger partial charge in [-0.25, -0.2) is 9.18 Å². The molecule has 1 N–H and O–H groups in total. The summed E-state index contributed by atoms with van der Waals surface area (Å²) in [6.07, 6.45) is -1.87. The number of alkyl halides is 1. The van der Waals surface area contributed by atoms with Crippen LogP contribution in [0.1, 0.15) is 18.7 Å². The van der Waals surface area contributed by atoms with E-state index in [1.54, 1.807) is 6.92 Å². The first-order chi connectivity index (χ1) is 7.60. The van der Waals surface area contributed by atoms with E-state index in [4.69, 9.17) is 4.74 Å². The molecule has 1 aromatic rings. The quantitative estimate of drug-likeness (QED) is 0.800. The monoisotopic (exact) mass is 228 g/mol. The second-order valence-electron chi connectivity index (χ2n) is 3.05. The van der Waals surface area contributed by atoms with Gasteiger partial charge in [-0.3, -0.25) is 0 Å². The molecule has 0 spiro atoms. The molecule has 0 bridgehead atoms. The fraction of sp³-hybridized carbons (Fsp3) is 0.364. The van der Waals surface area contributed by atoms with Crippen LogP contribution < -0.4 is 4.74 Å². The molecule has 1 atom stereocenters. The molecule has 0 radical (unpaired) electrons. The Labute approximate surface area is 92.6 Å². The van der Waals surface area contributed by atoms with Crippen LogP contribution in [0.15, 0.2) is 18.2 Å². The number of methoxy groups -OCH3 is 1. The molecule has 16 heavy (non-hydrogen) atoms. The number of rotatable bonds is 4. The van der Waals surface area contributed by atoms with Crippen molar-refractivity contribution < 1.29 is 23.8 Å². The molecule has 0 amide bonds. The zero-order valence-corrected chi connectivity index (χ0v) is 9.07. The Hall–Kier alpha value is -1.78. The first-order valence-electron chi connectivity index (χ1n) is 4.77. The topological polar surface area (TPSA) is 55.8 Å². The zero-order valence-electron chi connectivity index (χ0n) is 9.07. The average molecular weight is 228 g/mol. The van der Waals surface area contributed by atoms with Crippen LogP contribution >= 0.6 is 0 Å². The molecule has 88 valence electrons. The normalized spacial score (nSPS) is 11.9. The van der Waals surface area contributed by atoms with E-state index >= 15 is 0 Å². The van der Waals surface area contributed by atoms with Crippen LogP contribution in [0.25, 0.3) is 0 Å². The Bertz CT molecular complexity index is 378. The van der Waals surface area contributed by atoms with Crippen LogP contribution in [-0.4, -0.2) is 24.8 Å². The summed E-state index contributed by atoms with van der Waals surface area (Å²) in [5.74, 6) is -0.943. The van der Waals surface area contributed by atoms with Crippen LogP contribution in [0.4, 0.5) is 4.39 Å². The van der Waals surface area contributed by atoms with Gasteiger partial charge in [0.25, 0.3) is 0 Å². The third kappa shape index (κ3) is 2.62. The maximum Gasteiger partial charge on any atom is 0.345 e. The molecule has 0 aliphatic heterocycles. The second kappa shape index (κ2) is 5.34. The number of hydrogen-bond acceptors (Lipinski definition) is 4. The zero-order chi connectivity index (χ0) is 12.1. The van der Waals surface area contributed by atoms with Gasteiger partial charge in [-0.1, -0.05) is 6.07 Å². The van der Waals surface area contributed by atoms with Gasteiger partial charge >= 0.3 is 5.97 Å². The minimum atomic E-state index is -1.87. The molecule has 0 saturated heterocycles. The van der Waals surface area contributed by atoms with Gasteiger partial charge in [0.05, 0.1) is 13.7 Å². The summed E-state index contributed by atoms with van der Waals surface area (Å²) >= 11 is 0. The lowest BCUT2D eigenvalue weighted by Crippen LogP contribution is -2.11. The second-order valence-corrected chi connectivity index (χ2v) is 3.05. The highest BCUT2D eigenvalue weighted by molar-refractivity contribution is 5.76. The number of esters is 1. The van der Waals surface area contributed by atoms with Gasteiger partial charge in [0.2, 0.25) is 6.17 Å². The van der Waals surface area contributed by atoms with Crippen molar-refractivity contribution in [3.8, 4) is 11.5 Å². The number of halogens is 1. The molecule has 0 saturated carbocycles. The van der Waals surface area contributed by atoms with E-state index in [2.05, 4.69) is 4.74 Å². The summed E-state index contributed by atoms with van der Waals surface area (Å²) in [6.45, 7) is 1.72. The molecule has 1 unspecified atom stereocenters. The van der Waals surface area contributed by atoms with Gasteiger partial charge in [-0.15, -0.1) is 0 Å². The third-order valence-corrected chi connectivity index (χ3v) is 1.99. The molecule has 1 aromatic carbocycles. The summed E-state index contributed by atoms with van der Waals surface area (Å²) < 4.78 is 22.9. The predicted molar refractivity (Wildman–Crippen MR) is 55.1 cm³/mol. The lowest BCUT2D eigenvalue weighted by atomic mass is 10.1. The summed E-state index contributed by atoms with van der Waals surface area (Å²) in [5, 5.41) is 9.30. The van der Waals surface area contributed by atoms with Crippen molar-refractivity contribution in [2.45, 2.75) is 13.1 Å². The van der Waals surface area contributed by atoms with E-state index in [0.29, 0.717) is 0 Å². The number of phenols is 1. The minimum Gasteiger partial charge on any atom is -0.504 e. The highest BCUT2D eigenvalue weighted by Crippen LogP contribution is 2.30. The van der Waals surface area contributed by atoms with Gasteiger partial charge in [0, 0.05) is 5.56 Å². The molecule has 0 heterocycles. The molecule has 0 aromatic heterocycles. The van der Waals surface area contributed by atoms with E-state index < -0.39 is 12.1 Å². The largest absolute Gasteiger partial charge is 0.504 e. The molecular formula is C11H13FO4. The van der Waals surface area contributed by atoms with Gasteiger partial charge in [-0.05, 0) is 19.1 Å². The van der Waals surface area contributed by atoms with Crippen LogP contribution in [0.3, 0.4) is 0 Å². The summed E-state index contributed by atoms with van der Waals surface area (Å²) in [7, 11) is 1.34. The molecule has 0 fully saturated rings. The Morgan fingerprint density at radius 3 is 2.81 bits per heavy atom. The number of benzene rings is 1. The van der Waals surface area contributed by atoms with Crippen molar-refractivity contribution in [3.05, 3.63) is 23.8 Å². The maximum absolute atomic E-state index is 13.6. The highest BCUT2D eigenvalue weighted by atomic mass is 19.1. The van der Waals surface area contributed by atoms with E-state index in [1.807, 2.05) is 0 Å². The van der Waals surface area contributed by atoms with Gasteiger partial charge in [0.1, 0.15) is 0 Å². The number of carbonyl (C=O) groups excluding carboxylic acids is 1. The smallest absolute Gasteiger partial charge is 0.345 e. The maximum atomic E-state index is 13.6. The van der Waals surface area contributed by atoms with Gasteiger partial charge in [0.15, 0.2) is 11.5 Å².